The van der Waals surface area contributed by atoms with Crippen LogP contribution in [0.1, 0.15) is 32.6 Å². The van der Waals surface area contributed by atoms with Gasteiger partial charge in [-0.15, -0.1) is 0 Å². The van der Waals surface area contributed by atoms with Gasteiger partial charge in [0, 0.05) is 0 Å². The minimum atomic E-state index is 0.860. The molecule has 0 heterocycles. The van der Waals surface area contributed by atoms with Gasteiger partial charge in [0.25, 0.3) is 0 Å². The van der Waals surface area contributed by atoms with E-state index in [1.165, 1.54) is 25.7 Å². The van der Waals surface area contributed by atoms with E-state index in [2.05, 4.69) is 13.5 Å². The van der Waals surface area contributed by atoms with Gasteiger partial charge in [-0.05, 0) is 18.3 Å². The molecule has 0 amide bonds. The van der Waals surface area contributed by atoms with Crippen molar-refractivity contribution < 1.29 is 4.74 Å². The Kier molecular flexibility index (Phi) is 3.47. The molecule has 1 aliphatic rings. The molecule has 2 unspecified atom stereocenters. The van der Waals surface area contributed by atoms with Gasteiger partial charge >= 0.3 is 0 Å². The second-order valence-electron chi connectivity index (χ2n) is 3.49. The molecule has 0 aromatic rings. The number of hydrogen-bond donors (Lipinski definition) is 0. The van der Waals surface area contributed by atoms with Gasteiger partial charge in [0.2, 0.25) is 0 Å². The molecule has 1 rings (SSSR count). The van der Waals surface area contributed by atoms with Crippen molar-refractivity contribution in [2.45, 2.75) is 32.6 Å². The fraction of sp³-hybridized carbons (Fsp3) is 0.800. The van der Waals surface area contributed by atoms with Gasteiger partial charge in [-0.1, -0.05) is 32.8 Å². The Morgan fingerprint density at radius 3 is 2.91 bits per heavy atom. The molecule has 0 aliphatic heterocycles. The van der Waals surface area contributed by atoms with E-state index in [1.54, 1.807) is 6.26 Å². The smallest absolute Gasteiger partial charge is 0.0875 e. The monoisotopic (exact) mass is 154 g/mol. The Labute approximate surface area is 69.4 Å². The van der Waals surface area contributed by atoms with Gasteiger partial charge in [-0.3, -0.25) is 0 Å². The zero-order valence-corrected chi connectivity index (χ0v) is 7.38. The van der Waals surface area contributed by atoms with Gasteiger partial charge in [-0.25, -0.2) is 0 Å². The van der Waals surface area contributed by atoms with Crippen LogP contribution in [-0.4, -0.2) is 6.61 Å². The van der Waals surface area contributed by atoms with E-state index in [9.17, 15) is 0 Å². The van der Waals surface area contributed by atoms with Crippen LogP contribution in [0, 0.1) is 11.8 Å². The molecule has 2 atom stereocenters. The normalized spacial score (nSPS) is 30.3. The Balaban J connectivity index is 2.10. The van der Waals surface area contributed by atoms with Crippen molar-refractivity contribution in [3.8, 4) is 0 Å². The summed E-state index contributed by atoms with van der Waals surface area (Å²) in [5.74, 6) is 1.83. The highest BCUT2D eigenvalue weighted by atomic mass is 16.5. The Bertz CT molecular complexity index is 120. The van der Waals surface area contributed by atoms with Gasteiger partial charge in [-0.2, -0.15) is 0 Å². The van der Waals surface area contributed by atoms with E-state index < -0.39 is 0 Å². The van der Waals surface area contributed by atoms with Crippen LogP contribution in [0.2, 0.25) is 0 Å². The van der Waals surface area contributed by atoms with E-state index in [-0.39, 0.29) is 0 Å². The van der Waals surface area contributed by atoms with Gasteiger partial charge in [0.1, 0.15) is 0 Å². The summed E-state index contributed by atoms with van der Waals surface area (Å²) in [5.41, 5.74) is 0. The van der Waals surface area contributed by atoms with Crippen LogP contribution < -0.4 is 0 Å². The first-order chi connectivity index (χ1) is 5.34. The maximum atomic E-state index is 5.11. The van der Waals surface area contributed by atoms with E-state index in [0.717, 1.165) is 18.4 Å². The second-order valence-corrected chi connectivity index (χ2v) is 3.49. The van der Waals surface area contributed by atoms with Crippen LogP contribution in [0.15, 0.2) is 12.8 Å². The van der Waals surface area contributed by atoms with Gasteiger partial charge < -0.3 is 4.74 Å². The van der Waals surface area contributed by atoms with Crippen molar-refractivity contribution in [2.75, 3.05) is 6.61 Å². The fourth-order valence-electron chi connectivity index (χ4n) is 1.95. The third kappa shape index (κ3) is 2.57. The average molecular weight is 154 g/mol. The minimum absolute atomic E-state index is 0.860. The molecule has 0 radical (unpaired) electrons. The molecule has 0 bridgehead atoms. The molecule has 1 saturated carbocycles. The molecule has 0 spiro atoms. The quantitative estimate of drug-likeness (QED) is 0.447. The Morgan fingerprint density at radius 1 is 1.55 bits per heavy atom. The zero-order chi connectivity index (χ0) is 8.10. The molecule has 1 nitrogen and oxygen atoms in total. The molecule has 11 heavy (non-hydrogen) atoms. The maximum Gasteiger partial charge on any atom is 0.0875 e. The molecular weight excluding hydrogens is 136 g/mol. The summed E-state index contributed by atoms with van der Waals surface area (Å²) in [4.78, 5) is 0. The van der Waals surface area contributed by atoms with Crippen molar-refractivity contribution in [2.24, 2.45) is 11.8 Å². The molecule has 0 N–H and O–H groups in total. The zero-order valence-electron chi connectivity index (χ0n) is 7.38. The van der Waals surface area contributed by atoms with Gasteiger partial charge in [0.05, 0.1) is 12.9 Å². The van der Waals surface area contributed by atoms with Crippen molar-refractivity contribution in [1.82, 2.24) is 0 Å². The molecule has 1 heteroatoms. The maximum absolute atomic E-state index is 5.11. The number of ether oxygens (including phenoxy) is 1. The predicted octanol–water partition coefficient (Wildman–Crippen LogP) is 2.97. The molecule has 0 saturated heterocycles. The molecule has 1 fully saturated rings. The third-order valence-corrected chi connectivity index (χ3v) is 2.76. The average Bonchev–Trinajstić information content (AvgIpc) is 2.37. The second kappa shape index (κ2) is 4.42. The lowest BCUT2D eigenvalue weighted by molar-refractivity contribution is 0.210. The van der Waals surface area contributed by atoms with Crippen LogP contribution in [0.3, 0.4) is 0 Å². The SMILES string of the molecule is C=COCCC1CCCC1C. The van der Waals surface area contributed by atoms with Gasteiger partial charge in [0.15, 0.2) is 0 Å². The standard InChI is InChI=1S/C10H18O/c1-3-11-8-7-10-6-4-5-9(10)2/h3,9-10H,1,4-8H2,2H3. The van der Waals surface area contributed by atoms with Crippen molar-refractivity contribution in [3.05, 3.63) is 12.8 Å². The van der Waals surface area contributed by atoms with E-state index in [4.69, 9.17) is 4.74 Å². The highest BCUT2D eigenvalue weighted by Gasteiger charge is 2.22. The summed E-state index contributed by atoms with van der Waals surface area (Å²) in [6.45, 7) is 6.73. The van der Waals surface area contributed by atoms with Crippen LogP contribution >= 0.6 is 0 Å². The lowest BCUT2D eigenvalue weighted by atomic mass is 9.95. The largest absolute Gasteiger partial charge is 0.502 e. The number of rotatable bonds is 4. The summed E-state index contributed by atoms with van der Waals surface area (Å²) in [6.07, 6.45) is 6.99. The fourth-order valence-corrected chi connectivity index (χ4v) is 1.95. The minimum Gasteiger partial charge on any atom is -0.502 e. The summed E-state index contributed by atoms with van der Waals surface area (Å²) in [5, 5.41) is 0. The van der Waals surface area contributed by atoms with E-state index >= 15 is 0 Å². The molecule has 1 aliphatic carbocycles. The first-order valence-electron chi connectivity index (χ1n) is 4.57. The highest BCUT2D eigenvalue weighted by Crippen LogP contribution is 2.33. The molecular formula is C10H18O. The van der Waals surface area contributed by atoms with Crippen molar-refractivity contribution in [3.63, 3.8) is 0 Å². The first-order valence-corrected chi connectivity index (χ1v) is 4.57. The summed E-state index contributed by atoms with van der Waals surface area (Å²) >= 11 is 0. The van der Waals surface area contributed by atoms with E-state index in [0.29, 0.717) is 0 Å². The topological polar surface area (TPSA) is 9.23 Å². The summed E-state index contributed by atoms with van der Waals surface area (Å²) < 4.78 is 5.11. The molecule has 0 aromatic heterocycles. The van der Waals surface area contributed by atoms with E-state index in [1.807, 2.05) is 0 Å². The first kappa shape index (κ1) is 8.63. The van der Waals surface area contributed by atoms with Crippen molar-refractivity contribution >= 4 is 0 Å². The lowest BCUT2D eigenvalue weighted by Gasteiger charge is -2.13. The summed E-state index contributed by atoms with van der Waals surface area (Å²) in [6, 6.07) is 0. The van der Waals surface area contributed by atoms with Crippen LogP contribution in [0.4, 0.5) is 0 Å². The third-order valence-electron chi connectivity index (χ3n) is 2.76. The van der Waals surface area contributed by atoms with Crippen LogP contribution in [-0.2, 0) is 4.74 Å². The predicted molar refractivity (Wildman–Crippen MR) is 47.3 cm³/mol. The van der Waals surface area contributed by atoms with Crippen molar-refractivity contribution in [1.29, 1.82) is 0 Å². The summed E-state index contributed by atoms with van der Waals surface area (Å²) in [7, 11) is 0. The van der Waals surface area contributed by atoms with Crippen LogP contribution in [0.5, 0.6) is 0 Å². The highest BCUT2D eigenvalue weighted by molar-refractivity contribution is 4.73. The van der Waals surface area contributed by atoms with Crippen LogP contribution in [0.25, 0.3) is 0 Å². The number of hydrogen-bond acceptors (Lipinski definition) is 1. The Morgan fingerprint density at radius 2 is 2.36 bits per heavy atom. The lowest BCUT2D eigenvalue weighted by Crippen LogP contribution is -2.06. The Hall–Kier alpha value is -0.460. The molecule has 64 valence electrons. The molecule has 0 aromatic carbocycles.